The fourth-order valence-corrected chi connectivity index (χ4v) is 12.9. The number of allylic oxidation sites excluding steroid dienone is 3. The molecule has 2 N–H and O–H groups in total. The number of aliphatic hydroxyl groups excluding tert-OH is 1. The molecule has 0 radical (unpaired) electrons. The molecule has 69 heavy (non-hydrogen) atoms. The first-order chi connectivity index (χ1) is 32.7. The number of carbonyl (C=O) groups excluding carboxylic acids is 2. The Morgan fingerprint density at radius 3 is 2.45 bits per heavy atom. The fraction of sp³-hybridized carbons (Fsp3) is 0.815. The minimum absolute atomic E-state index is 0.0328. The van der Waals surface area contributed by atoms with Gasteiger partial charge in [0.2, 0.25) is 0 Å². The number of nitrogens with zero attached hydrogens (tertiary/aromatic N) is 1. The number of fused-ring (bicyclic) bond motifs is 2. The number of rotatable bonds is 11. The number of likely N-dealkylation sites (N-methyl/N-ethyl adjacent to an activating group) is 1. The van der Waals surface area contributed by atoms with E-state index in [4.69, 9.17) is 47.5 Å². The first-order valence-corrected chi connectivity index (χ1v) is 25.9. The monoisotopic (exact) mass is 972 g/mol. The lowest BCUT2D eigenvalue weighted by Crippen LogP contribution is -2.65. The van der Waals surface area contributed by atoms with Crippen LogP contribution >= 0.6 is 0 Å². The van der Waals surface area contributed by atoms with Gasteiger partial charge in [0.25, 0.3) is 0 Å². The highest BCUT2D eigenvalue weighted by molar-refractivity contribution is 5.78. The molecule has 2 bridgehead atoms. The lowest BCUT2D eigenvalue weighted by molar-refractivity contribution is -0.308. The highest BCUT2D eigenvalue weighted by atomic mass is 16.7. The maximum absolute atomic E-state index is 14.5. The predicted molar refractivity (Wildman–Crippen MR) is 257 cm³/mol. The SMILES string of the molecule is CCC(C)[C@H]1O[C@]2(C=C[C@@H]1C)C[C@@H]1C[C@@H](CCC(C)[C@@H](C3C[C@H](OC)C(CCO[C@H]4C[C@H](OC)[C@](C)(N(C)OC(C)=O)[C@H](C)O4)C(C)O3)[C@@H](C)/C=C/C=C3\CO[C@@H]4[C@H](O)C(C)=C[C@@H](C(=O)O1)[C@]34O)O2. The maximum atomic E-state index is 14.5. The molecule has 15 nitrogen and oxygen atoms in total. The zero-order chi connectivity index (χ0) is 50.2. The Morgan fingerprint density at radius 2 is 1.75 bits per heavy atom. The Hall–Kier alpha value is -2.54. The molecule has 7 rings (SSSR count). The molecule has 5 unspecified atom stereocenters. The largest absolute Gasteiger partial charge is 0.462 e. The highest BCUT2D eigenvalue weighted by Gasteiger charge is 2.60. The van der Waals surface area contributed by atoms with Crippen molar-refractivity contribution in [3.05, 3.63) is 47.6 Å². The number of aliphatic hydroxyl groups is 2. The molecular weight excluding hydrogens is 887 g/mol. The van der Waals surface area contributed by atoms with Gasteiger partial charge >= 0.3 is 11.9 Å². The summed E-state index contributed by atoms with van der Waals surface area (Å²) < 4.78 is 58.7. The third kappa shape index (κ3) is 11.0. The Labute approximate surface area is 411 Å². The molecule has 21 atom stereocenters. The van der Waals surface area contributed by atoms with Crippen molar-refractivity contribution in [3.8, 4) is 0 Å². The van der Waals surface area contributed by atoms with E-state index in [0.717, 1.165) is 12.8 Å². The van der Waals surface area contributed by atoms with Gasteiger partial charge in [0.15, 0.2) is 12.1 Å². The summed E-state index contributed by atoms with van der Waals surface area (Å²) in [6.07, 6.45) is 12.4. The van der Waals surface area contributed by atoms with E-state index in [9.17, 15) is 19.8 Å². The molecule has 0 aromatic rings. The van der Waals surface area contributed by atoms with Gasteiger partial charge in [0.05, 0.1) is 55.9 Å². The van der Waals surface area contributed by atoms with E-state index in [1.54, 1.807) is 34.3 Å². The van der Waals surface area contributed by atoms with Crippen molar-refractivity contribution >= 4 is 11.9 Å². The molecule has 6 heterocycles. The van der Waals surface area contributed by atoms with E-state index >= 15 is 0 Å². The van der Waals surface area contributed by atoms with Crippen LogP contribution in [0.3, 0.4) is 0 Å². The van der Waals surface area contributed by atoms with E-state index in [0.29, 0.717) is 56.3 Å². The fourth-order valence-electron chi connectivity index (χ4n) is 12.9. The Morgan fingerprint density at radius 1 is 1.00 bits per heavy atom. The van der Waals surface area contributed by atoms with Crippen molar-refractivity contribution in [2.75, 3.05) is 34.5 Å². The Balaban J connectivity index is 1.12. The van der Waals surface area contributed by atoms with Crippen LogP contribution in [-0.2, 0) is 57.1 Å². The summed E-state index contributed by atoms with van der Waals surface area (Å²) in [4.78, 5) is 31.7. The van der Waals surface area contributed by atoms with E-state index < -0.39 is 59.4 Å². The second kappa shape index (κ2) is 22.3. The first-order valence-electron chi connectivity index (χ1n) is 25.9. The van der Waals surface area contributed by atoms with Crippen LogP contribution in [0.25, 0.3) is 0 Å². The molecule has 1 aliphatic carbocycles. The van der Waals surface area contributed by atoms with Crippen molar-refractivity contribution in [2.24, 2.45) is 41.4 Å². The molecular formula is C54H85NO14. The van der Waals surface area contributed by atoms with Crippen molar-refractivity contribution in [3.63, 3.8) is 0 Å². The summed E-state index contributed by atoms with van der Waals surface area (Å²) >= 11 is 0. The minimum Gasteiger partial charge on any atom is -0.462 e. The van der Waals surface area contributed by atoms with Crippen molar-refractivity contribution in [1.82, 2.24) is 5.06 Å². The van der Waals surface area contributed by atoms with E-state index in [1.807, 2.05) is 32.1 Å². The number of hydrogen-bond donors (Lipinski definition) is 2. The number of ether oxygens (including phenoxy) is 9. The maximum Gasteiger partial charge on any atom is 0.322 e. The van der Waals surface area contributed by atoms with Gasteiger partial charge in [-0.05, 0) is 87.9 Å². The van der Waals surface area contributed by atoms with Gasteiger partial charge in [0.1, 0.15) is 35.4 Å². The van der Waals surface area contributed by atoms with Crippen LogP contribution in [-0.4, -0.2) is 146 Å². The highest BCUT2D eigenvalue weighted by Crippen LogP contribution is 2.48. The number of esters is 1. The Kier molecular flexibility index (Phi) is 17.5. The molecule has 6 aliphatic heterocycles. The van der Waals surface area contributed by atoms with Crippen LogP contribution in [0.2, 0.25) is 0 Å². The summed E-state index contributed by atoms with van der Waals surface area (Å²) in [7, 11) is 5.16. The van der Waals surface area contributed by atoms with Gasteiger partial charge in [-0.25, -0.2) is 0 Å². The number of carbonyl (C=O) groups is 2. The van der Waals surface area contributed by atoms with Gasteiger partial charge in [0, 0.05) is 65.7 Å². The van der Waals surface area contributed by atoms with Crippen molar-refractivity contribution in [1.29, 1.82) is 0 Å². The van der Waals surface area contributed by atoms with Gasteiger partial charge in [-0.15, -0.1) is 5.06 Å². The summed E-state index contributed by atoms with van der Waals surface area (Å²) in [5.74, 6) is -2.30. The second-order valence-electron chi connectivity index (χ2n) is 21.9. The van der Waals surface area contributed by atoms with Crippen LogP contribution in [0.1, 0.15) is 121 Å². The van der Waals surface area contributed by atoms with Crippen molar-refractivity contribution in [2.45, 2.75) is 205 Å². The third-order valence-electron chi connectivity index (χ3n) is 17.5. The molecule has 0 amide bonds. The lowest BCUT2D eigenvalue weighted by atomic mass is 9.70. The van der Waals surface area contributed by atoms with Crippen LogP contribution in [0.15, 0.2) is 47.6 Å². The standard InChI is InChI=1S/C54H85NO14/c1-14-30(2)49-33(5)20-22-53(68-49)28-40-25-39(67-53)19-18-32(4)47(31(3)16-15-17-38-29-63-50-48(57)34(6)24-42(51(58)66-40)54(38,50)59)44-26-43(60-12)41(35(7)64-44)21-23-62-46-27-45(61-13)52(10,36(8)65-46)55(11)69-37(9)56/h15-17,20,22,24,30-33,35-36,39-50,57,59H,14,18-19,21,23,25-29H2,1-13H3/b16-15+,38-17+/t30?,31-,32?,33-,35?,36-,39+,40-,41?,42-,43-,44?,45-,46+,47-,48+,49+,50+,52+,53+,54+/m0/s1. The molecule has 0 saturated carbocycles. The molecule has 0 aromatic carbocycles. The number of hydrogen-bond acceptors (Lipinski definition) is 15. The van der Waals surface area contributed by atoms with Crippen LogP contribution in [0, 0.1) is 41.4 Å². The van der Waals surface area contributed by atoms with Crippen LogP contribution in [0.4, 0.5) is 0 Å². The van der Waals surface area contributed by atoms with Gasteiger partial charge < -0.3 is 57.7 Å². The van der Waals surface area contributed by atoms with Crippen LogP contribution in [0.5, 0.6) is 0 Å². The molecule has 1 spiro atoms. The van der Waals surface area contributed by atoms with E-state index in [1.165, 1.54) is 12.0 Å². The molecule has 4 fully saturated rings. The summed E-state index contributed by atoms with van der Waals surface area (Å²) in [5.41, 5.74) is -1.46. The van der Waals surface area contributed by atoms with E-state index in [-0.39, 0.29) is 84.8 Å². The quantitative estimate of drug-likeness (QED) is 0.121. The van der Waals surface area contributed by atoms with Gasteiger partial charge in [-0.2, -0.15) is 0 Å². The minimum atomic E-state index is -1.81. The predicted octanol–water partition coefficient (Wildman–Crippen LogP) is 7.18. The number of methoxy groups -OCH3 is 2. The van der Waals surface area contributed by atoms with Crippen LogP contribution < -0.4 is 0 Å². The normalized spacial score (nSPS) is 46.8. The molecule has 7 aliphatic rings. The molecule has 390 valence electrons. The van der Waals surface area contributed by atoms with E-state index in [2.05, 4.69) is 53.7 Å². The molecule has 4 saturated heterocycles. The van der Waals surface area contributed by atoms with Gasteiger partial charge in [-0.1, -0.05) is 71.4 Å². The zero-order valence-corrected chi connectivity index (χ0v) is 43.7. The lowest BCUT2D eigenvalue weighted by Gasteiger charge is -2.50. The first kappa shape index (κ1) is 54.2. The second-order valence-corrected chi connectivity index (χ2v) is 21.9. The molecule has 15 heteroatoms. The summed E-state index contributed by atoms with van der Waals surface area (Å²) in [6, 6.07) is 0. The smallest absolute Gasteiger partial charge is 0.322 e. The average Bonchev–Trinajstić information content (AvgIpc) is 3.64. The van der Waals surface area contributed by atoms with Crippen molar-refractivity contribution < 1.29 is 67.3 Å². The average molecular weight is 972 g/mol. The third-order valence-corrected chi connectivity index (χ3v) is 17.5. The summed E-state index contributed by atoms with van der Waals surface area (Å²) in [6.45, 7) is 20.7. The summed E-state index contributed by atoms with van der Waals surface area (Å²) in [5, 5.41) is 25.4. The number of hydroxylamine groups is 2. The zero-order valence-electron chi connectivity index (χ0n) is 43.7. The Bertz CT molecular complexity index is 1910. The molecule has 0 aromatic heterocycles. The van der Waals surface area contributed by atoms with Gasteiger partial charge in [-0.3, -0.25) is 9.59 Å². The topological polar surface area (TPSA) is 170 Å².